The molecule has 186 valence electrons. The molecular formula is C24H34F2N6OS. The largest absolute Gasteiger partial charge is 0.346 e. The van der Waals surface area contributed by atoms with E-state index >= 15 is 0 Å². The van der Waals surface area contributed by atoms with Gasteiger partial charge in [-0.3, -0.25) is 14.1 Å². The number of hydrogen-bond acceptors (Lipinski definition) is 5. The lowest BCUT2D eigenvalue weighted by molar-refractivity contribution is 0.143. The molecule has 0 radical (unpaired) electrons. The molecule has 2 N–H and O–H groups in total. The Bertz CT molecular complexity index is 1010. The van der Waals surface area contributed by atoms with Crippen LogP contribution in [-0.4, -0.2) is 43.9 Å². The first kappa shape index (κ1) is 23.7. The van der Waals surface area contributed by atoms with Crippen LogP contribution in [0.2, 0.25) is 0 Å². The highest BCUT2D eigenvalue weighted by Crippen LogP contribution is 2.42. The summed E-state index contributed by atoms with van der Waals surface area (Å²) in [4.78, 5) is 16.5. The molecule has 1 atom stereocenters. The Balaban J connectivity index is 1.29. The number of likely N-dealkylation sites (tertiary alicyclic amines) is 1. The summed E-state index contributed by atoms with van der Waals surface area (Å²) in [6.45, 7) is 6.55. The summed E-state index contributed by atoms with van der Waals surface area (Å²) in [5.41, 5.74) is -0.172. The molecule has 1 amide bonds. The topological polar surface area (TPSA) is 67.1 Å². The molecule has 1 unspecified atom stereocenters. The maximum atomic E-state index is 13.8. The van der Waals surface area contributed by atoms with Gasteiger partial charge in [-0.2, -0.15) is 5.10 Å². The van der Waals surface area contributed by atoms with E-state index in [4.69, 9.17) is 0 Å². The zero-order valence-corrected chi connectivity index (χ0v) is 20.7. The molecule has 2 aromatic heterocycles. The lowest BCUT2D eigenvalue weighted by Gasteiger charge is -2.31. The lowest BCUT2D eigenvalue weighted by atomic mass is 9.80. The average molecular weight is 493 g/mol. The number of piperidine rings is 1. The van der Waals surface area contributed by atoms with Crippen LogP contribution in [0.3, 0.4) is 0 Å². The first-order chi connectivity index (χ1) is 16.4. The van der Waals surface area contributed by atoms with Gasteiger partial charge in [0.05, 0.1) is 16.6 Å². The number of amides is 1. The second-order valence-electron chi connectivity index (χ2n) is 10.1. The number of carbonyl (C=O) groups is 1. The molecule has 0 aromatic carbocycles. The Morgan fingerprint density at radius 1 is 1.18 bits per heavy atom. The molecule has 2 aromatic rings. The van der Waals surface area contributed by atoms with E-state index in [1.54, 1.807) is 28.8 Å². The van der Waals surface area contributed by atoms with Gasteiger partial charge in [-0.25, -0.2) is 13.6 Å². The van der Waals surface area contributed by atoms with Crippen molar-refractivity contribution in [2.45, 2.75) is 81.7 Å². The predicted molar refractivity (Wildman–Crippen MR) is 131 cm³/mol. The number of anilines is 2. The van der Waals surface area contributed by atoms with Crippen LogP contribution < -0.4 is 10.6 Å². The van der Waals surface area contributed by atoms with Crippen LogP contribution in [0.25, 0.3) is 0 Å². The van der Waals surface area contributed by atoms with Gasteiger partial charge < -0.3 is 10.6 Å². The van der Waals surface area contributed by atoms with E-state index in [9.17, 15) is 13.6 Å². The van der Waals surface area contributed by atoms with E-state index in [0.29, 0.717) is 11.8 Å². The van der Waals surface area contributed by atoms with Crippen molar-refractivity contribution < 1.29 is 13.6 Å². The minimum absolute atomic E-state index is 0.0895. The van der Waals surface area contributed by atoms with E-state index in [1.165, 1.54) is 23.8 Å². The summed E-state index contributed by atoms with van der Waals surface area (Å²) in [6.07, 6.45) is 8.14. The third-order valence-electron chi connectivity index (χ3n) is 7.56. The Morgan fingerprint density at radius 2 is 1.91 bits per heavy atom. The van der Waals surface area contributed by atoms with E-state index in [-0.39, 0.29) is 22.9 Å². The number of carbonyl (C=O) groups excluding carboxylic acids is 1. The number of nitrogens with one attached hydrogen (secondary N) is 2. The van der Waals surface area contributed by atoms with Crippen LogP contribution in [0, 0.1) is 11.8 Å². The molecule has 2 aliphatic heterocycles. The third kappa shape index (κ3) is 4.71. The quantitative estimate of drug-likeness (QED) is 0.507. The molecule has 1 aliphatic carbocycles. The van der Waals surface area contributed by atoms with Crippen molar-refractivity contribution in [2.75, 3.05) is 23.7 Å². The van der Waals surface area contributed by atoms with Gasteiger partial charge in [0, 0.05) is 25.5 Å². The molecule has 5 rings (SSSR count). The Morgan fingerprint density at radius 3 is 2.59 bits per heavy atom. The van der Waals surface area contributed by atoms with Crippen molar-refractivity contribution in [1.82, 2.24) is 19.2 Å². The number of aromatic nitrogens is 3. The monoisotopic (exact) mass is 492 g/mol. The van der Waals surface area contributed by atoms with Crippen LogP contribution in [-0.2, 0) is 0 Å². The van der Waals surface area contributed by atoms with Gasteiger partial charge in [0.1, 0.15) is 11.3 Å². The molecule has 3 aliphatic rings. The maximum absolute atomic E-state index is 13.8. The summed E-state index contributed by atoms with van der Waals surface area (Å²) >= 11 is 1.70. The van der Waals surface area contributed by atoms with Crippen LogP contribution in [0.15, 0.2) is 23.4 Å². The normalized spacial score (nSPS) is 25.5. The number of thioether (sulfide) groups is 1. The highest BCUT2D eigenvalue weighted by molar-refractivity contribution is 8.00. The van der Waals surface area contributed by atoms with Crippen molar-refractivity contribution >= 4 is 29.3 Å². The smallest absolute Gasteiger partial charge is 0.331 e. The minimum atomic E-state index is -2.75. The van der Waals surface area contributed by atoms with Crippen LogP contribution in [0.4, 0.5) is 25.1 Å². The molecule has 2 fully saturated rings. The van der Waals surface area contributed by atoms with Gasteiger partial charge in [0.25, 0.3) is 6.43 Å². The summed E-state index contributed by atoms with van der Waals surface area (Å²) in [7, 11) is 0. The van der Waals surface area contributed by atoms with Crippen LogP contribution in [0.1, 0.15) is 77.0 Å². The molecule has 0 spiro atoms. The third-order valence-corrected chi connectivity index (χ3v) is 8.78. The fourth-order valence-corrected chi connectivity index (χ4v) is 6.64. The Labute approximate surface area is 203 Å². The SMILES string of the molecule is CC(C)C1CCC(n2cc(NC(=O)n3ccc4c3NC(N3CCCCC3)S4)c(C(F)F)n2)CC1. The summed E-state index contributed by atoms with van der Waals surface area (Å²) < 4.78 is 30.7. The van der Waals surface area contributed by atoms with Gasteiger partial charge in [0.15, 0.2) is 5.69 Å². The lowest BCUT2D eigenvalue weighted by Crippen LogP contribution is -2.40. The number of rotatable bonds is 5. The standard InChI is InChI=1S/C24H34F2N6OS/c1-15(2)16-6-8-17(9-7-16)32-14-18(20(29-32)21(25)26)27-23(33)31-13-10-19-22(31)28-24(34-19)30-11-4-3-5-12-30/h10,13-17,21,24,28H,3-9,11-12H2,1-2H3,(H,27,33). The second kappa shape index (κ2) is 9.89. The number of fused-ring (bicyclic) bond motifs is 1. The minimum Gasteiger partial charge on any atom is -0.346 e. The summed E-state index contributed by atoms with van der Waals surface area (Å²) in [5, 5.41) is 10.4. The molecule has 1 saturated carbocycles. The Hall–Kier alpha value is -2.07. The van der Waals surface area contributed by atoms with Crippen molar-refractivity contribution in [3.05, 3.63) is 24.2 Å². The summed E-state index contributed by atoms with van der Waals surface area (Å²) in [6, 6.07) is 1.54. The van der Waals surface area contributed by atoms with E-state index in [0.717, 1.165) is 49.5 Å². The van der Waals surface area contributed by atoms with Gasteiger partial charge >= 0.3 is 6.03 Å². The Kier molecular flexibility index (Phi) is 6.88. The molecular weight excluding hydrogens is 458 g/mol. The number of hydrogen-bond donors (Lipinski definition) is 2. The van der Waals surface area contributed by atoms with Crippen LogP contribution in [0.5, 0.6) is 0 Å². The maximum Gasteiger partial charge on any atom is 0.331 e. The zero-order chi connectivity index (χ0) is 23.8. The highest BCUT2D eigenvalue weighted by Gasteiger charge is 2.32. The highest BCUT2D eigenvalue weighted by atomic mass is 32.2. The van der Waals surface area contributed by atoms with Crippen LogP contribution >= 0.6 is 11.8 Å². The van der Waals surface area contributed by atoms with E-state index in [1.807, 2.05) is 6.07 Å². The van der Waals surface area contributed by atoms with E-state index < -0.39 is 12.5 Å². The fourth-order valence-electron chi connectivity index (χ4n) is 5.46. The molecule has 4 heterocycles. The summed E-state index contributed by atoms with van der Waals surface area (Å²) in [5.74, 6) is 2.03. The molecule has 10 heteroatoms. The fraction of sp³-hybridized carbons (Fsp3) is 0.667. The first-order valence-corrected chi connectivity index (χ1v) is 13.4. The molecule has 7 nitrogen and oxygen atoms in total. The van der Waals surface area contributed by atoms with Gasteiger partial charge in [0.2, 0.25) is 0 Å². The van der Waals surface area contributed by atoms with Crippen molar-refractivity contribution in [3.8, 4) is 0 Å². The predicted octanol–water partition coefficient (Wildman–Crippen LogP) is 6.38. The number of alkyl halides is 2. The first-order valence-electron chi connectivity index (χ1n) is 12.5. The van der Waals surface area contributed by atoms with Gasteiger partial charge in [-0.15, -0.1) is 0 Å². The second-order valence-corrected chi connectivity index (χ2v) is 11.2. The van der Waals surface area contributed by atoms with E-state index in [2.05, 4.69) is 34.5 Å². The zero-order valence-electron chi connectivity index (χ0n) is 19.8. The number of nitrogens with zero attached hydrogens (tertiary/aromatic N) is 4. The van der Waals surface area contributed by atoms with Crippen molar-refractivity contribution in [2.24, 2.45) is 11.8 Å². The molecule has 0 bridgehead atoms. The number of halogens is 2. The average Bonchev–Trinajstić information content (AvgIpc) is 3.54. The van der Waals surface area contributed by atoms with Gasteiger partial charge in [-0.1, -0.05) is 32.0 Å². The molecule has 1 saturated heterocycles. The van der Waals surface area contributed by atoms with Crippen molar-refractivity contribution in [1.29, 1.82) is 0 Å². The van der Waals surface area contributed by atoms with Gasteiger partial charge in [-0.05, 0) is 56.4 Å². The molecule has 34 heavy (non-hydrogen) atoms. The van der Waals surface area contributed by atoms with Crippen molar-refractivity contribution in [3.63, 3.8) is 0 Å².